The quantitative estimate of drug-likeness (QED) is 0.290. The molecular weight excluding hydrogens is 512 g/mol. The molecule has 0 bridgehead atoms. The fraction of sp³-hybridized carbons (Fsp3) is 0.286. The molecule has 7 nitrogen and oxygen atoms in total. The van der Waals surface area contributed by atoms with Crippen molar-refractivity contribution < 1.29 is 22.7 Å². The largest absolute Gasteiger partial charge is 0.493 e. The van der Waals surface area contributed by atoms with E-state index in [-0.39, 0.29) is 22.9 Å². The van der Waals surface area contributed by atoms with Crippen LogP contribution in [-0.4, -0.2) is 33.6 Å². The van der Waals surface area contributed by atoms with Gasteiger partial charge in [-0.1, -0.05) is 35.9 Å². The Morgan fingerprint density at radius 2 is 1.81 bits per heavy atom. The summed E-state index contributed by atoms with van der Waals surface area (Å²) in [4.78, 5) is 12.2. The first-order chi connectivity index (χ1) is 17.6. The summed E-state index contributed by atoms with van der Waals surface area (Å²) in [5, 5.41) is 9.04. The lowest BCUT2D eigenvalue weighted by atomic mass is 10.1. The van der Waals surface area contributed by atoms with E-state index >= 15 is 0 Å². The monoisotopic (exact) mass is 540 g/mol. The second kappa shape index (κ2) is 12.6. The van der Waals surface area contributed by atoms with E-state index in [9.17, 15) is 13.2 Å². The highest BCUT2D eigenvalue weighted by Gasteiger charge is 2.33. The summed E-state index contributed by atoms with van der Waals surface area (Å²) >= 11 is 6.27. The van der Waals surface area contributed by atoms with Gasteiger partial charge in [-0.05, 0) is 68.3 Å². The third-order valence-electron chi connectivity index (χ3n) is 5.57. The van der Waals surface area contributed by atoms with Crippen LogP contribution in [0.4, 0.5) is 5.69 Å². The summed E-state index contributed by atoms with van der Waals surface area (Å²) in [5.41, 5.74) is 2.74. The molecule has 0 amide bonds. The van der Waals surface area contributed by atoms with Gasteiger partial charge in [0.15, 0.2) is 0 Å². The van der Waals surface area contributed by atoms with E-state index in [0.29, 0.717) is 30.0 Å². The van der Waals surface area contributed by atoms with E-state index in [4.69, 9.17) is 26.3 Å². The number of benzene rings is 3. The summed E-state index contributed by atoms with van der Waals surface area (Å²) < 4.78 is 39.9. The Labute approximate surface area is 223 Å². The van der Waals surface area contributed by atoms with Crippen LogP contribution in [0.2, 0.25) is 5.02 Å². The van der Waals surface area contributed by atoms with Crippen LogP contribution in [0.25, 0.3) is 0 Å². The SMILES string of the molecule is CCOC(=O)CC(C)N(c1cc(C)cc(OCCc2ccc(C#N)cc2)c1)S(=O)(=O)c1ccccc1Cl. The third kappa shape index (κ3) is 7.25. The van der Waals surface area contributed by atoms with E-state index in [1.165, 1.54) is 16.4 Å². The number of sulfonamides is 1. The number of hydrogen-bond acceptors (Lipinski definition) is 6. The van der Waals surface area contributed by atoms with Crippen LogP contribution in [0.1, 0.15) is 37.0 Å². The number of aryl methyl sites for hydroxylation is 1. The van der Waals surface area contributed by atoms with Crippen molar-refractivity contribution in [1.82, 2.24) is 0 Å². The van der Waals surface area contributed by atoms with Gasteiger partial charge in [0.1, 0.15) is 10.6 Å². The number of halogens is 1. The molecule has 1 atom stereocenters. The Morgan fingerprint density at radius 3 is 2.46 bits per heavy atom. The molecule has 37 heavy (non-hydrogen) atoms. The number of nitriles is 1. The highest BCUT2D eigenvalue weighted by Crippen LogP contribution is 2.34. The normalized spacial score (nSPS) is 11.9. The Kier molecular flexibility index (Phi) is 9.56. The molecule has 0 aliphatic carbocycles. The fourth-order valence-electron chi connectivity index (χ4n) is 3.91. The smallest absolute Gasteiger partial charge is 0.307 e. The first kappa shape index (κ1) is 28.0. The second-order valence-electron chi connectivity index (χ2n) is 8.50. The van der Waals surface area contributed by atoms with Gasteiger partial charge in [0.2, 0.25) is 0 Å². The fourth-order valence-corrected chi connectivity index (χ4v) is 6.04. The number of carbonyl (C=O) groups excluding carboxylic acids is 1. The highest BCUT2D eigenvalue weighted by atomic mass is 35.5. The van der Waals surface area contributed by atoms with Crippen LogP contribution < -0.4 is 9.04 Å². The van der Waals surface area contributed by atoms with Crippen LogP contribution in [0.15, 0.2) is 71.6 Å². The summed E-state index contributed by atoms with van der Waals surface area (Å²) in [6.45, 7) is 5.74. The summed E-state index contributed by atoms with van der Waals surface area (Å²) in [6.07, 6.45) is 0.468. The number of nitrogens with zero attached hydrogens (tertiary/aromatic N) is 2. The van der Waals surface area contributed by atoms with Crippen LogP contribution in [0.5, 0.6) is 5.75 Å². The topological polar surface area (TPSA) is 96.7 Å². The zero-order valence-electron chi connectivity index (χ0n) is 21.0. The Hall–Kier alpha value is -3.54. The molecule has 9 heteroatoms. The first-order valence-electron chi connectivity index (χ1n) is 11.8. The minimum Gasteiger partial charge on any atom is -0.493 e. The van der Waals surface area contributed by atoms with Gasteiger partial charge in [-0.15, -0.1) is 0 Å². The van der Waals surface area contributed by atoms with E-state index < -0.39 is 22.0 Å². The molecule has 0 N–H and O–H groups in total. The minimum atomic E-state index is -4.14. The summed E-state index contributed by atoms with van der Waals surface area (Å²) in [5.74, 6) is -0.00719. The zero-order valence-corrected chi connectivity index (χ0v) is 22.6. The van der Waals surface area contributed by atoms with Gasteiger partial charge in [0.05, 0.1) is 48.0 Å². The lowest BCUT2D eigenvalue weighted by molar-refractivity contribution is -0.143. The molecule has 0 aliphatic heterocycles. The standard InChI is InChI=1S/C28H29ClN2O5S/c1-4-35-28(32)17-21(3)31(37(33,34)27-8-6-5-7-26(27)29)24-15-20(2)16-25(18-24)36-14-13-22-9-11-23(19-30)12-10-22/h5-12,15-16,18,21H,4,13-14,17H2,1-3H3. The maximum absolute atomic E-state index is 13.8. The summed E-state index contributed by atoms with van der Waals surface area (Å²) in [7, 11) is -4.14. The third-order valence-corrected chi connectivity index (χ3v) is 8.02. The van der Waals surface area contributed by atoms with Crippen molar-refractivity contribution in [1.29, 1.82) is 5.26 Å². The molecule has 0 heterocycles. The van der Waals surface area contributed by atoms with Crippen molar-refractivity contribution in [3.8, 4) is 11.8 Å². The molecule has 3 aromatic carbocycles. The molecular formula is C28H29ClN2O5S. The maximum Gasteiger partial charge on any atom is 0.307 e. The maximum atomic E-state index is 13.8. The molecule has 194 valence electrons. The molecule has 0 saturated carbocycles. The zero-order chi connectivity index (χ0) is 27.0. The average molecular weight is 541 g/mol. The Balaban J connectivity index is 1.92. The Morgan fingerprint density at radius 1 is 1.11 bits per heavy atom. The number of ether oxygens (including phenoxy) is 2. The van der Waals surface area contributed by atoms with Gasteiger partial charge >= 0.3 is 5.97 Å². The van der Waals surface area contributed by atoms with Crippen molar-refractivity contribution in [2.75, 3.05) is 17.5 Å². The average Bonchev–Trinajstić information content (AvgIpc) is 2.84. The molecule has 3 rings (SSSR count). The van der Waals surface area contributed by atoms with E-state index in [1.54, 1.807) is 50.2 Å². The van der Waals surface area contributed by atoms with E-state index in [0.717, 1.165) is 11.1 Å². The molecule has 0 radical (unpaired) electrons. The van der Waals surface area contributed by atoms with Crippen molar-refractivity contribution in [2.45, 2.75) is 44.6 Å². The first-order valence-corrected chi connectivity index (χ1v) is 13.7. The molecule has 0 aliphatic rings. The summed E-state index contributed by atoms with van der Waals surface area (Å²) in [6, 6.07) is 20.0. The van der Waals surface area contributed by atoms with Crippen molar-refractivity contribution in [2.24, 2.45) is 0 Å². The lowest BCUT2D eigenvalue weighted by Crippen LogP contribution is -2.40. The number of esters is 1. The molecule has 0 aromatic heterocycles. The van der Waals surface area contributed by atoms with Gasteiger partial charge < -0.3 is 9.47 Å². The molecule has 3 aromatic rings. The lowest BCUT2D eigenvalue weighted by Gasteiger charge is -2.31. The predicted octanol–water partition coefficient (Wildman–Crippen LogP) is 5.68. The van der Waals surface area contributed by atoms with Crippen LogP contribution in [-0.2, 0) is 26.0 Å². The van der Waals surface area contributed by atoms with E-state index in [2.05, 4.69) is 6.07 Å². The van der Waals surface area contributed by atoms with Gasteiger partial charge in [0.25, 0.3) is 10.0 Å². The van der Waals surface area contributed by atoms with Crippen LogP contribution in [0, 0.1) is 18.3 Å². The highest BCUT2D eigenvalue weighted by molar-refractivity contribution is 7.93. The predicted molar refractivity (Wildman–Crippen MR) is 143 cm³/mol. The molecule has 0 fully saturated rings. The molecule has 0 saturated heterocycles. The number of rotatable bonds is 11. The van der Waals surface area contributed by atoms with Gasteiger partial charge in [-0.3, -0.25) is 9.10 Å². The number of carbonyl (C=O) groups is 1. The van der Waals surface area contributed by atoms with Gasteiger partial charge in [-0.25, -0.2) is 8.42 Å². The Bertz CT molecular complexity index is 1380. The van der Waals surface area contributed by atoms with Crippen LogP contribution >= 0.6 is 11.6 Å². The van der Waals surface area contributed by atoms with E-state index in [1.807, 2.05) is 25.1 Å². The van der Waals surface area contributed by atoms with Crippen molar-refractivity contribution in [3.63, 3.8) is 0 Å². The minimum absolute atomic E-state index is 0.0582. The number of anilines is 1. The molecule has 0 spiro atoms. The van der Waals surface area contributed by atoms with Crippen molar-refractivity contribution >= 4 is 33.3 Å². The molecule has 1 unspecified atom stereocenters. The number of hydrogen-bond donors (Lipinski definition) is 0. The van der Waals surface area contributed by atoms with Crippen molar-refractivity contribution in [3.05, 3.63) is 88.4 Å². The van der Waals surface area contributed by atoms with Gasteiger partial charge in [-0.2, -0.15) is 5.26 Å². The second-order valence-corrected chi connectivity index (χ2v) is 10.7. The van der Waals surface area contributed by atoms with Crippen LogP contribution in [0.3, 0.4) is 0 Å². The van der Waals surface area contributed by atoms with Gasteiger partial charge in [0, 0.05) is 12.5 Å².